The molecule has 2 aromatic rings. The predicted molar refractivity (Wildman–Crippen MR) is 78.4 cm³/mol. The van der Waals surface area contributed by atoms with Gasteiger partial charge in [0.05, 0.1) is 5.52 Å². The number of H-pyrrole nitrogens is 1. The maximum atomic E-state index is 12.0. The Bertz CT molecular complexity index is 736. The Balaban J connectivity index is 1.48. The van der Waals surface area contributed by atoms with Gasteiger partial charge in [0.25, 0.3) is 0 Å². The van der Waals surface area contributed by atoms with Gasteiger partial charge in [0.2, 0.25) is 5.91 Å². The third kappa shape index (κ3) is 2.30. The van der Waals surface area contributed by atoms with Gasteiger partial charge >= 0.3 is 5.76 Å². The lowest BCUT2D eigenvalue weighted by Gasteiger charge is -2.36. The van der Waals surface area contributed by atoms with Crippen LogP contribution in [0.5, 0.6) is 0 Å². The molecule has 0 radical (unpaired) electrons. The third-order valence-corrected chi connectivity index (χ3v) is 4.29. The lowest BCUT2D eigenvalue weighted by molar-refractivity contribution is -0.132. The van der Waals surface area contributed by atoms with Gasteiger partial charge < -0.3 is 14.2 Å². The molecule has 1 aliphatic heterocycles. The molecule has 2 fully saturated rings. The molecule has 1 saturated carbocycles. The Morgan fingerprint density at radius 2 is 1.95 bits per heavy atom. The summed E-state index contributed by atoms with van der Waals surface area (Å²) in [6.07, 6.45) is 2.12. The lowest BCUT2D eigenvalue weighted by atomic mass is 10.2. The quantitative estimate of drug-likeness (QED) is 0.900. The number of rotatable bonds is 2. The Morgan fingerprint density at radius 1 is 1.19 bits per heavy atom. The molecule has 110 valence electrons. The van der Waals surface area contributed by atoms with Crippen LogP contribution in [-0.2, 0) is 4.79 Å². The van der Waals surface area contributed by atoms with Crippen LogP contribution in [-0.4, -0.2) is 42.0 Å². The first-order valence-electron chi connectivity index (χ1n) is 7.37. The van der Waals surface area contributed by atoms with Gasteiger partial charge in [-0.3, -0.25) is 9.78 Å². The zero-order valence-corrected chi connectivity index (χ0v) is 11.7. The minimum atomic E-state index is -0.429. The second-order valence-electron chi connectivity index (χ2n) is 5.78. The summed E-state index contributed by atoms with van der Waals surface area (Å²) in [5.41, 5.74) is 2.35. The number of anilines is 1. The van der Waals surface area contributed by atoms with Gasteiger partial charge in [-0.05, 0) is 31.0 Å². The van der Waals surface area contributed by atoms with Gasteiger partial charge in [-0.25, -0.2) is 4.79 Å². The topological polar surface area (TPSA) is 69.6 Å². The molecule has 4 rings (SSSR count). The maximum absolute atomic E-state index is 12.0. The molecule has 2 heterocycles. The van der Waals surface area contributed by atoms with Crippen LogP contribution in [0.3, 0.4) is 0 Å². The maximum Gasteiger partial charge on any atom is 0.417 e. The van der Waals surface area contributed by atoms with E-state index in [1.54, 1.807) is 0 Å². The second-order valence-corrected chi connectivity index (χ2v) is 5.78. The van der Waals surface area contributed by atoms with Gasteiger partial charge in [0.15, 0.2) is 5.58 Å². The molecular formula is C15H17N3O3. The normalized spacial score (nSPS) is 19.2. The van der Waals surface area contributed by atoms with Crippen molar-refractivity contribution in [1.82, 2.24) is 9.88 Å². The van der Waals surface area contributed by atoms with E-state index >= 15 is 0 Å². The molecule has 1 N–H and O–H groups in total. The first kappa shape index (κ1) is 12.5. The Hall–Kier alpha value is -2.24. The molecule has 1 saturated heterocycles. The Morgan fingerprint density at radius 3 is 2.67 bits per heavy atom. The van der Waals surface area contributed by atoms with Gasteiger partial charge in [-0.15, -0.1) is 0 Å². The monoisotopic (exact) mass is 287 g/mol. The van der Waals surface area contributed by atoms with E-state index in [0.29, 0.717) is 22.9 Å². The summed E-state index contributed by atoms with van der Waals surface area (Å²) in [5, 5.41) is 0. The molecule has 1 aromatic heterocycles. The highest BCUT2D eigenvalue weighted by Gasteiger charge is 2.34. The molecule has 0 atom stereocenters. The fourth-order valence-electron chi connectivity index (χ4n) is 2.91. The predicted octanol–water partition coefficient (Wildman–Crippen LogP) is 1.18. The molecule has 1 aromatic carbocycles. The summed E-state index contributed by atoms with van der Waals surface area (Å²) in [7, 11) is 0. The number of hydrogen-bond acceptors (Lipinski definition) is 4. The second kappa shape index (κ2) is 4.65. The van der Waals surface area contributed by atoms with E-state index in [4.69, 9.17) is 4.42 Å². The number of piperazine rings is 1. The van der Waals surface area contributed by atoms with Gasteiger partial charge in [0.1, 0.15) is 0 Å². The Labute approximate surface area is 121 Å². The van der Waals surface area contributed by atoms with Crippen molar-refractivity contribution >= 4 is 22.7 Å². The molecule has 6 heteroatoms. The molecule has 0 spiro atoms. The minimum absolute atomic E-state index is 0.295. The van der Waals surface area contributed by atoms with E-state index in [1.165, 1.54) is 0 Å². The highest BCUT2D eigenvalue weighted by atomic mass is 16.4. The van der Waals surface area contributed by atoms with Crippen molar-refractivity contribution in [3.05, 3.63) is 28.7 Å². The smallest absolute Gasteiger partial charge is 0.408 e. The van der Waals surface area contributed by atoms with E-state index in [0.717, 1.165) is 44.7 Å². The fraction of sp³-hybridized carbons (Fsp3) is 0.467. The van der Waals surface area contributed by atoms with E-state index < -0.39 is 5.76 Å². The molecule has 1 aliphatic carbocycles. The number of hydrogen-bond donors (Lipinski definition) is 1. The summed E-state index contributed by atoms with van der Waals surface area (Å²) >= 11 is 0. The fourth-order valence-corrected chi connectivity index (χ4v) is 2.91. The van der Waals surface area contributed by atoms with Crippen LogP contribution in [0.2, 0.25) is 0 Å². The van der Waals surface area contributed by atoms with Crippen LogP contribution in [0, 0.1) is 5.92 Å². The zero-order valence-electron chi connectivity index (χ0n) is 11.7. The molecule has 0 unspecified atom stereocenters. The number of nitrogens with zero attached hydrogens (tertiary/aromatic N) is 2. The summed E-state index contributed by atoms with van der Waals surface area (Å²) in [6.45, 7) is 3.20. The van der Waals surface area contributed by atoms with Crippen molar-refractivity contribution in [2.24, 2.45) is 5.92 Å². The number of aromatic amines is 1. The van der Waals surface area contributed by atoms with Crippen LogP contribution in [0.1, 0.15) is 12.8 Å². The van der Waals surface area contributed by atoms with E-state index in [2.05, 4.69) is 9.88 Å². The van der Waals surface area contributed by atoms with Crippen molar-refractivity contribution in [1.29, 1.82) is 0 Å². The van der Waals surface area contributed by atoms with Crippen molar-refractivity contribution in [3.8, 4) is 0 Å². The van der Waals surface area contributed by atoms with Gasteiger partial charge in [-0.2, -0.15) is 0 Å². The summed E-state index contributed by atoms with van der Waals surface area (Å²) in [4.78, 5) is 30.1. The van der Waals surface area contributed by atoms with Crippen molar-refractivity contribution in [2.45, 2.75) is 12.8 Å². The van der Waals surface area contributed by atoms with Crippen LogP contribution in [0.4, 0.5) is 5.69 Å². The standard InChI is InChI=1S/C15H17N3O3/c19-14(10-1-2-10)18-7-5-17(6-8-18)11-3-4-13-12(9-11)16-15(20)21-13/h3-4,9-10H,1-2,5-8H2,(H,16,20). The number of aromatic nitrogens is 1. The van der Waals surface area contributed by atoms with Crippen molar-refractivity contribution in [3.63, 3.8) is 0 Å². The summed E-state index contributed by atoms with van der Waals surface area (Å²) in [5.74, 6) is 0.190. The molecule has 2 aliphatic rings. The Kier molecular flexibility index (Phi) is 2.77. The number of amides is 1. The van der Waals surface area contributed by atoms with Crippen LogP contribution >= 0.6 is 0 Å². The zero-order chi connectivity index (χ0) is 14.4. The molecule has 21 heavy (non-hydrogen) atoms. The third-order valence-electron chi connectivity index (χ3n) is 4.29. The lowest BCUT2D eigenvalue weighted by Crippen LogP contribution is -2.49. The largest absolute Gasteiger partial charge is 0.417 e. The number of benzene rings is 1. The molecule has 0 bridgehead atoms. The van der Waals surface area contributed by atoms with Crippen LogP contribution in [0.15, 0.2) is 27.4 Å². The van der Waals surface area contributed by atoms with Crippen LogP contribution < -0.4 is 10.7 Å². The highest BCUT2D eigenvalue weighted by molar-refractivity contribution is 5.81. The van der Waals surface area contributed by atoms with Crippen LogP contribution in [0.25, 0.3) is 11.1 Å². The van der Waals surface area contributed by atoms with E-state index in [-0.39, 0.29) is 0 Å². The number of oxazole rings is 1. The number of carbonyl (C=O) groups excluding carboxylic acids is 1. The van der Waals surface area contributed by atoms with E-state index in [1.807, 2.05) is 23.1 Å². The minimum Gasteiger partial charge on any atom is -0.408 e. The van der Waals surface area contributed by atoms with Gasteiger partial charge in [-0.1, -0.05) is 0 Å². The molecular weight excluding hydrogens is 270 g/mol. The van der Waals surface area contributed by atoms with Gasteiger partial charge in [0, 0.05) is 37.8 Å². The van der Waals surface area contributed by atoms with Crippen molar-refractivity contribution < 1.29 is 9.21 Å². The van der Waals surface area contributed by atoms with E-state index in [9.17, 15) is 9.59 Å². The first-order valence-corrected chi connectivity index (χ1v) is 7.37. The number of fused-ring (bicyclic) bond motifs is 1. The number of nitrogens with one attached hydrogen (secondary N) is 1. The summed E-state index contributed by atoms with van der Waals surface area (Å²) < 4.78 is 5.01. The molecule has 6 nitrogen and oxygen atoms in total. The molecule has 1 amide bonds. The SMILES string of the molecule is O=C(C1CC1)N1CCN(c2ccc3oc(=O)[nH]c3c2)CC1. The highest BCUT2D eigenvalue weighted by Crippen LogP contribution is 2.31. The average Bonchev–Trinajstić information content (AvgIpc) is 3.27. The average molecular weight is 287 g/mol. The van der Waals surface area contributed by atoms with Crippen molar-refractivity contribution in [2.75, 3.05) is 31.1 Å². The first-order chi connectivity index (χ1) is 10.2. The number of carbonyl (C=O) groups is 1. The summed E-state index contributed by atoms with van der Waals surface area (Å²) in [6, 6.07) is 5.69.